The van der Waals surface area contributed by atoms with Crippen molar-refractivity contribution in [3.05, 3.63) is 52.3 Å². The maximum absolute atomic E-state index is 13.7. The summed E-state index contributed by atoms with van der Waals surface area (Å²) in [6.07, 6.45) is 3.35. The van der Waals surface area contributed by atoms with Crippen LogP contribution in [0.2, 0.25) is 5.15 Å². The van der Waals surface area contributed by atoms with Gasteiger partial charge in [-0.2, -0.15) is 0 Å². The Hall–Kier alpha value is -1.68. The number of imidazole rings is 1. The largest absolute Gasteiger partial charge is 0.320 e. The van der Waals surface area contributed by atoms with Crippen molar-refractivity contribution in [2.45, 2.75) is 32.7 Å². The molecule has 0 bridgehead atoms. The number of rotatable bonds is 6. The van der Waals surface area contributed by atoms with Crippen LogP contribution in [0.1, 0.15) is 41.6 Å². The molecule has 0 N–H and O–H groups in total. The molecule has 106 valence electrons. The molecule has 2 rings (SSSR count). The lowest BCUT2D eigenvalue weighted by atomic mass is 10.2. The van der Waals surface area contributed by atoms with E-state index in [2.05, 4.69) is 11.9 Å². The number of aryl methyl sites for hydroxylation is 1. The van der Waals surface area contributed by atoms with E-state index in [-0.39, 0.29) is 17.5 Å². The molecule has 1 aromatic heterocycles. The second kappa shape index (κ2) is 6.66. The quantitative estimate of drug-likeness (QED) is 0.758. The van der Waals surface area contributed by atoms with Gasteiger partial charge in [0.15, 0.2) is 11.4 Å². The summed E-state index contributed by atoms with van der Waals surface area (Å²) in [5, 5.41) is 0.183. The van der Waals surface area contributed by atoms with E-state index >= 15 is 0 Å². The minimum Gasteiger partial charge on any atom is -0.320 e. The van der Waals surface area contributed by atoms with E-state index in [0.717, 1.165) is 25.1 Å². The third kappa shape index (κ3) is 3.07. The number of carbonyl (C=O) groups excluding carboxylic acids is 1. The van der Waals surface area contributed by atoms with Gasteiger partial charge in [0, 0.05) is 12.0 Å². The summed E-state index contributed by atoms with van der Waals surface area (Å²) in [5.41, 5.74) is 0.823. The van der Waals surface area contributed by atoms with Crippen LogP contribution >= 0.6 is 11.6 Å². The zero-order valence-corrected chi connectivity index (χ0v) is 12.0. The summed E-state index contributed by atoms with van der Waals surface area (Å²) in [5.74, 6) is 0.429. The van der Waals surface area contributed by atoms with Crippen LogP contribution in [0.4, 0.5) is 4.39 Å². The highest BCUT2D eigenvalue weighted by molar-refractivity contribution is 6.31. The summed E-state index contributed by atoms with van der Waals surface area (Å²) < 4.78 is 15.4. The van der Waals surface area contributed by atoms with Gasteiger partial charge < -0.3 is 4.57 Å². The Bertz CT molecular complexity index is 610. The molecule has 0 aliphatic rings. The predicted molar refractivity (Wildman–Crippen MR) is 76.7 cm³/mol. The molecule has 1 heterocycles. The van der Waals surface area contributed by atoms with E-state index in [1.54, 1.807) is 22.8 Å². The summed E-state index contributed by atoms with van der Waals surface area (Å²) in [7, 11) is 0. The number of hydrogen-bond donors (Lipinski definition) is 0. The first-order valence-corrected chi connectivity index (χ1v) is 6.98. The van der Waals surface area contributed by atoms with Crippen LogP contribution in [0.5, 0.6) is 0 Å². The van der Waals surface area contributed by atoms with Crippen LogP contribution in [0.25, 0.3) is 0 Å². The van der Waals surface area contributed by atoms with Gasteiger partial charge in [0.1, 0.15) is 17.3 Å². The SMILES string of the molecule is CCCCc1nc(Cl)c(C=O)n1Cc1ccccc1F. The molecule has 0 spiro atoms. The highest BCUT2D eigenvalue weighted by atomic mass is 35.5. The minimum absolute atomic E-state index is 0.183. The van der Waals surface area contributed by atoms with Gasteiger partial charge in [-0.15, -0.1) is 0 Å². The van der Waals surface area contributed by atoms with Crippen molar-refractivity contribution in [3.8, 4) is 0 Å². The van der Waals surface area contributed by atoms with Crippen molar-refractivity contribution in [2.75, 3.05) is 0 Å². The van der Waals surface area contributed by atoms with Gasteiger partial charge in [0.05, 0.1) is 6.54 Å². The average Bonchev–Trinajstić information content (AvgIpc) is 2.74. The van der Waals surface area contributed by atoms with E-state index in [1.807, 2.05) is 0 Å². The molecular weight excluding hydrogens is 279 g/mol. The zero-order chi connectivity index (χ0) is 14.5. The summed E-state index contributed by atoms with van der Waals surface area (Å²) >= 11 is 5.98. The zero-order valence-electron chi connectivity index (χ0n) is 11.3. The second-order valence-electron chi connectivity index (χ2n) is 4.60. The van der Waals surface area contributed by atoms with Crippen molar-refractivity contribution in [1.29, 1.82) is 0 Å². The van der Waals surface area contributed by atoms with Gasteiger partial charge in [0.2, 0.25) is 0 Å². The standard InChI is InChI=1S/C15H16ClFN2O/c1-2-3-8-14-18-15(16)13(10-20)19(14)9-11-6-4-5-7-12(11)17/h4-7,10H,2-3,8-9H2,1H3. The first kappa shape index (κ1) is 14.7. The number of carbonyl (C=O) groups is 1. The van der Waals surface area contributed by atoms with Crippen LogP contribution in [0, 0.1) is 5.82 Å². The van der Waals surface area contributed by atoms with E-state index in [9.17, 15) is 9.18 Å². The summed E-state index contributed by atoms with van der Waals surface area (Å²) in [4.78, 5) is 15.4. The molecule has 0 fully saturated rings. The molecule has 5 heteroatoms. The minimum atomic E-state index is -0.296. The maximum Gasteiger partial charge on any atom is 0.169 e. The molecule has 0 radical (unpaired) electrons. The van der Waals surface area contributed by atoms with E-state index in [4.69, 9.17) is 11.6 Å². The Balaban J connectivity index is 2.38. The average molecular weight is 295 g/mol. The van der Waals surface area contributed by atoms with Crippen molar-refractivity contribution in [2.24, 2.45) is 0 Å². The third-order valence-electron chi connectivity index (χ3n) is 3.19. The first-order chi connectivity index (χ1) is 9.67. The van der Waals surface area contributed by atoms with Crippen LogP contribution in [0.15, 0.2) is 24.3 Å². The summed E-state index contributed by atoms with van der Waals surface area (Å²) in [6, 6.07) is 6.50. The van der Waals surface area contributed by atoms with Gasteiger partial charge in [-0.25, -0.2) is 9.37 Å². The number of nitrogens with zero attached hydrogens (tertiary/aromatic N) is 2. The highest BCUT2D eigenvalue weighted by Crippen LogP contribution is 2.20. The molecule has 0 aliphatic heterocycles. The topological polar surface area (TPSA) is 34.9 Å². The molecule has 0 saturated carbocycles. The Kier molecular flexibility index (Phi) is 4.90. The van der Waals surface area contributed by atoms with Crippen molar-refractivity contribution >= 4 is 17.9 Å². The van der Waals surface area contributed by atoms with E-state index in [1.165, 1.54) is 6.07 Å². The molecule has 1 aromatic carbocycles. The number of halogens is 2. The van der Waals surface area contributed by atoms with Gasteiger partial charge in [-0.3, -0.25) is 4.79 Å². The normalized spacial score (nSPS) is 10.8. The Morgan fingerprint density at radius 1 is 1.40 bits per heavy atom. The number of aldehydes is 1. The molecule has 0 amide bonds. The molecule has 0 saturated heterocycles. The van der Waals surface area contributed by atoms with Crippen molar-refractivity contribution < 1.29 is 9.18 Å². The smallest absolute Gasteiger partial charge is 0.169 e. The number of aromatic nitrogens is 2. The molecule has 0 unspecified atom stereocenters. The van der Waals surface area contributed by atoms with Gasteiger partial charge in [0.25, 0.3) is 0 Å². The van der Waals surface area contributed by atoms with E-state index in [0.29, 0.717) is 17.5 Å². The fourth-order valence-electron chi connectivity index (χ4n) is 2.09. The highest BCUT2D eigenvalue weighted by Gasteiger charge is 2.16. The molecule has 3 nitrogen and oxygen atoms in total. The summed E-state index contributed by atoms with van der Waals surface area (Å²) in [6.45, 7) is 2.34. The monoisotopic (exact) mass is 294 g/mol. The van der Waals surface area contributed by atoms with E-state index < -0.39 is 0 Å². The van der Waals surface area contributed by atoms with Crippen LogP contribution in [-0.2, 0) is 13.0 Å². The van der Waals surface area contributed by atoms with Crippen molar-refractivity contribution in [1.82, 2.24) is 9.55 Å². The molecule has 20 heavy (non-hydrogen) atoms. The Morgan fingerprint density at radius 2 is 2.15 bits per heavy atom. The van der Waals surface area contributed by atoms with Gasteiger partial charge in [-0.1, -0.05) is 43.1 Å². The number of benzene rings is 1. The van der Waals surface area contributed by atoms with Gasteiger partial charge in [-0.05, 0) is 12.5 Å². The Morgan fingerprint density at radius 3 is 2.80 bits per heavy atom. The lowest BCUT2D eigenvalue weighted by molar-refractivity contribution is 0.111. The van der Waals surface area contributed by atoms with Crippen LogP contribution < -0.4 is 0 Å². The lowest BCUT2D eigenvalue weighted by Gasteiger charge is -2.10. The number of unbranched alkanes of at least 4 members (excludes halogenated alkanes) is 1. The van der Waals surface area contributed by atoms with Crippen LogP contribution in [0.3, 0.4) is 0 Å². The predicted octanol–water partition coefficient (Wildman–Crippen LogP) is 3.88. The first-order valence-electron chi connectivity index (χ1n) is 6.60. The molecule has 2 aromatic rings. The second-order valence-corrected chi connectivity index (χ2v) is 4.96. The lowest BCUT2D eigenvalue weighted by Crippen LogP contribution is -2.09. The number of hydrogen-bond acceptors (Lipinski definition) is 2. The van der Waals surface area contributed by atoms with Gasteiger partial charge >= 0.3 is 0 Å². The maximum atomic E-state index is 13.7. The third-order valence-corrected chi connectivity index (χ3v) is 3.47. The van der Waals surface area contributed by atoms with Crippen molar-refractivity contribution in [3.63, 3.8) is 0 Å². The molecular formula is C15H16ClFN2O. The van der Waals surface area contributed by atoms with Crippen LogP contribution in [-0.4, -0.2) is 15.8 Å². The molecule has 0 atom stereocenters. The Labute approximate surface area is 122 Å². The molecule has 0 aliphatic carbocycles. The fourth-order valence-corrected chi connectivity index (χ4v) is 2.34. The fraction of sp³-hybridized carbons (Fsp3) is 0.333.